The van der Waals surface area contributed by atoms with Crippen molar-refractivity contribution in [2.45, 2.75) is 110 Å². The van der Waals surface area contributed by atoms with Crippen molar-refractivity contribution in [3.8, 4) is 0 Å². The molecule has 2 heterocycles. The molecule has 142 valence electrons. The van der Waals surface area contributed by atoms with Crippen LogP contribution in [0.25, 0.3) is 0 Å². The average Bonchev–Trinajstić information content (AvgIpc) is 2.77. The minimum absolute atomic E-state index is 0.267. The Labute approximate surface area is 155 Å². The summed E-state index contributed by atoms with van der Waals surface area (Å²) in [6, 6.07) is 0. The second kappa shape index (κ2) is 7.03. The monoisotopic (exact) mass is 350 g/mol. The zero-order valence-corrected chi connectivity index (χ0v) is 17.7. The van der Waals surface area contributed by atoms with E-state index in [2.05, 4.69) is 68.4 Å². The Balaban J connectivity index is 2.15. The molecule has 2 rings (SSSR count). The van der Waals surface area contributed by atoms with Gasteiger partial charge in [0.25, 0.3) is 0 Å². The summed E-state index contributed by atoms with van der Waals surface area (Å²) in [6.07, 6.45) is 6.29. The fourth-order valence-corrected chi connectivity index (χ4v) is 3.00. The summed E-state index contributed by atoms with van der Waals surface area (Å²) in [5.41, 5.74) is -0.176. The number of unbranched alkanes of at least 4 members (excludes halogenated alkanes) is 2. The zero-order chi connectivity index (χ0) is 19.1. The molecule has 0 N–H and O–H groups in total. The first-order valence-corrected chi connectivity index (χ1v) is 9.71. The minimum Gasteiger partial charge on any atom is -0.403 e. The van der Waals surface area contributed by atoms with Gasteiger partial charge in [-0.25, -0.2) is 0 Å². The Kier molecular flexibility index (Phi) is 5.91. The third-order valence-corrected chi connectivity index (χ3v) is 6.22. The quantitative estimate of drug-likeness (QED) is 0.508. The van der Waals surface area contributed by atoms with E-state index in [1.165, 1.54) is 6.42 Å². The van der Waals surface area contributed by atoms with Crippen molar-refractivity contribution in [1.82, 2.24) is 0 Å². The molecule has 4 nitrogen and oxygen atoms in total. The summed E-state index contributed by atoms with van der Waals surface area (Å²) in [7, 11) is -0.599. The molecule has 0 aromatic rings. The predicted molar refractivity (Wildman–Crippen MR) is 105 cm³/mol. The first-order valence-electron chi connectivity index (χ1n) is 9.71. The van der Waals surface area contributed by atoms with E-state index in [-0.39, 0.29) is 36.6 Å². The fourth-order valence-electron chi connectivity index (χ4n) is 3.00. The summed E-state index contributed by atoms with van der Waals surface area (Å²) >= 11 is 0. The summed E-state index contributed by atoms with van der Waals surface area (Å²) in [5, 5.41) is 0. The Morgan fingerprint density at radius 1 is 0.760 bits per heavy atom. The minimum atomic E-state index is -0.336. The van der Waals surface area contributed by atoms with Gasteiger partial charge >= 0.3 is 14.2 Å². The van der Waals surface area contributed by atoms with Crippen molar-refractivity contribution in [3.05, 3.63) is 11.5 Å². The van der Waals surface area contributed by atoms with Crippen LogP contribution in [-0.2, 0) is 18.6 Å². The molecular weight excluding hydrogens is 314 g/mol. The van der Waals surface area contributed by atoms with Crippen LogP contribution in [0.15, 0.2) is 11.5 Å². The van der Waals surface area contributed by atoms with Crippen LogP contribution in [0.5, 0.6) is 0 Å². The maximum Gasteiger partial charge on any atom is 0.489 e. The van der Waals surface area contributed by atoms with Crippen LogP contribution in [0, 0.1) is 0 Å². The molecule has 0 bridgehead atoms. The second-order valence-electron chi connectivity index (χ2n) is 9.40. The lowest BCUT2D eigenvalue weighted by Crippen LogP contribution is -2.41. The molecule has 2 saturated heterocycles. The van der Waals surface area contributed by atoms with E-state index in [0.29, 0.717) is 6.32 Å². The number of allylic oxidation sites excluding steroid dienone is 2. The van der Waals surface area contributed by atoms with Gasteiger partial charge in [0.05, 0.1) is 22.4 Å². The molecule has 2 aliphatic rings. The summed E-state index contributed by atoms with van der Waals surface area (Å²) < 4.78 is 24.9. The van der Waals surface area contributed by atoms with Gasteiger partial charge in [-0.3, -0.25) is 0 Å². The van der Waals surface area contributed by atoms with Gasteiger partial charge in [-0.05, 0) is 67.3 Å². The van der Waals surface area contributed by atoms with Crippen molar-refractivity contribution in [1.29, 1.82) is 0 Å². The summed E-state index contributed by atoms with van der Waals surface area (Å²) in [5.74, 6) is 0. The molecule has 0 atom stereocenters. The van der Waals surface area contributed by atoms with Gasteiger partial charge in [0.15, 0.2) is 0 Å². The number of hydrogen-bond acceptors (Lipinski definition) is 4. The van der Waals surface area contributed by atoms with E-state index >= 15 is 0 Å². The lowest BCUT2D eigenvalue weighted by molar-refractivity contribution is 0.00578. The van der Waals surface area contributed by atoms with Gasteiger partial charge in [0.1, 0.15) is 0 Å². The molecule has 0 saturated carbocycles. The average molecular weight is 350 g/mol. The van der Waals surface area contributed by atoms with Crippen molar-refractivity contribution in [3.63, 3.8) is 0 Å². The molecule has 0 unspecified atom stereocenters. The highest BCUT2D eigenvalue weighted by molar-refractivity contribution is 6.59. The molecule has 0 radical (unpaired) electrons. The van der Waals surface area contributed by atoms with Crippen molar-refractivity contribution in [2.75, 3.05) is 0 Å². The summed E-state index contributed by atoms with van der Waals surface area (Å²) in [4.78, 5) is 0. The van der Waals surface area contributed by atoms with Gasteiger partial charge in [0, 0.05) is 6.32 Å². The molecule has 0 spiro atoms. The SMILES string of the molecule is CCCC/C=C(\CB1OC(C)(C)C(C)(C)O1)B1OC(C)(C)C(C)(C)O1. The van der Waals surface area contributed by atoms with E-state index in [1.54, 1.807) is 0 Å². The maximum absolute atomic E-state index is 6.27. The fraction of sp³-hybridized carbons (Fsp3) is 0.895. The third kappa shape index (κ3) is 4.35. The molecular formula is C19H36B2O4. The molecule has 0 aromatic carbocycles. The molecule has 0 amide bonds. The van der Waals surface area contributed by atoms with Crippen LogP contribution in [-0.4, -0.2) is 36.6 Å². The van der Waals surface area contributed by atoms with Crippen molar-refractivity contribution < 1.29 is 18.6 Å². The predicted octanol–water partition coefficient (Wildman–Crippen LogP) is 4.83. The lowest BCUT2D eigenvalue weighted by Gasteiger charge is -2.32. The van der Waals surface area contributed by atoms with Gasteiger partial charge in [0.2, 0.25) is 0 Å². The second-order valence-corrected chi connectivity index (χ2v) is 9.40. The van der Waals surface area contributed by atoms with Crippen LogP contribution >= 0.6 is 0 Å². The number of hydrogen-bond donors (Lipinski definition) is 0. The van der Waals surface area contributed by atoms with Crippen LogP contribution in [0.1, 0.15) is 81.6 Å². The molecule has 25 heavy (non-hydrogen) atoms. The Morgan fingerprint density at radius 2 is 1.20 bits per heavy atom. The van der Waals surface area contributed by atoms with Gasteiger partial charge in [-0.15, -0.1) is 0 Å². The standard InChI is InChI=1S/C19H36B2O4/c1-10-11-12-13-15(21-24-18(6,7)19(8,9)25-21)14-20-22-16(2,3)17(4,5)23-20/h13H,10-12,14H2,1-9H3/b15-13+. The van der Waals surface area contributed by atoms with Crippen LogP contribution < -0.4 is 0 Å². The van der Waals surface area contributed by atoms with E-state index < -0.39 is 0 Å². The zero-order valence-electron chi connectivity index (χ0n) is 17.7. The Morgan fingerprint density at radius 3 is 1.64 bits per heavy atom. The van der Waals surface area contributed by atoms with Gasteiger partial charge in [-0.1, -0.05) is 25.8 Å². The molecule has 6 heteroatoms. The van der Waals surface area contributed by atoms with Gasteiger partial charge in [-0.2, -0.15) is 0 Å². The topological polar surface area (TPSA) is 36.9 Å². The van der Waals surface area contributed by atoms with Gasteiger partial charge < -0.3 is 18.6 Å². The lowest BCUT2D eigenvalue weighted by atomic mass is 9.65. The highest BCUT2D eigenvalue weighted by Gasteiger charge is 2.55. The van der Waals surface area contributed by atoms with Crippen molar-refractivity contribution >= 4 is 14.2 Å². The van der Waals surface area contributed by atoms with Crippen LogP contribution in [0.4, 0.5) is 0 Å². The molecule has 2 aliphatic heterocycles. The Hall–Kier alpha value is -0.290. The largest absolute Gasteiger partial charge is 0.489 e. The molecule has 0 aliphatic carbocycles. The Bertz CT molecular complexity index is 480. The highest BCUT2D eigenvalue weighted by Crippen LogP contribution is 2.42. The van der Waals surface area contributed by atoms with Crippen LogP contribution in [0.2, 0.25) is 6.32 Å². The summed E-state index contributed by atoms with van der Waals surface area (Å²) in [6.45, 7) is 18.9. The highest BCUT2D eigenvalue weighted by atomic mass is 16.7. The maximum atomic E-state index is 6.27. The van der Waals surface area contributed by atoms with Crippen molar-refractivity contribution in [2.24, 2.45) is 0 Å². The van der Waals surface area contributed by atoms with Crippen LogP contribution in [0.3, 0.4) is 0 Å². The molecule has 2 fully saturated rings. The third-order valence-electron chi connectivity index (χ3n) is 6.22. The first kappa shape index (κ1) is 21.0. The van der Waals surface area contributed by atoms with E-state index in [0.717, 1.165) is 18.3 Å². The smallest absolute Gasteiger partial charge is 0.403 e. The number of rotatable bonds is 6. The molecule has 0 aromatic heterocycles. The normalized spacial score (nSPS) is 27.2. The first-order chi connectivity index (χ1) is 11.3. The van der Waals surface area contributed by atoms with E-state index in [9.17, 15) is 0 Å². The van der Waals surface area contributed by atoms with E-state index in [4.69, 9.17) is 18.6 Å². The van der Waals surface area contributed by atoms with E-state index in [1.807, 2.05) is 0 Å².